The van der Waals surface area contributed by atoms with Crippen LogP contribution in [-0.4, -0.2) is 25.6 Å². The average molecular weight is 290 g/mol. The molecule has 0 atom stereocenters. The van der Waals surface area contributed by atoms with Crippen LogP contribution in [0.5, 0.6) is 5.75 Å². The molecule has 21 heavy (non-hydrogen) atoms. The molecule has 2 rings (SSSR count). The monoisotopic (exact) mass is 290 g/mol. The highest BCUT2D eigenvalue weighted by Crippen LogP contribution is 2.34. The van der Waals surface area contributed by atoms with Crippen LogP contribution in [0.25, 0.3) is 0 Å². The van der Waals surface area contributed by atoms with Crippen LogP contribution >= 0.6 is 0 Å². The van der Waals surface area contributed by atoms with Gasteiger partial charge in [-0.3, -0.25) is 4.79 Å². The van der Waals surface area contributed by atoms with Gasteiger partial charge in [0, 0.05) is 11.8 Å². The Morgan fingerprint density at radius 1 is 1.33 bits per heavy atom. The molecule has 1 aromatic rings. The zero-order valence-corrected chi connectivity index (χ0v) is 13.1. The lowest BCUT2D eigenvalue weighted by Crippen LogP contribution is -2.44. The van der Waals surface area contributed by atoms with E-state index >= 15 is 0 Å². The molecule has 116 valence electrons. The van der Waals surface area contributed by atoms with E-state index in [9.17, 15) is 4.79 Å². The molecule has 1 heterocycles. The van der Waals surface area contributed by atoms with E-state index < -0.39 is 0 Å². The van der Waals surface area contributed by atoms with Gasteiger partial charge in [-0.1, -0.05) is 19.9 Å². The average Bonchev–Trinajstić information content (AvgIpc) is 2.54. The van der Waals surface area contributed by atoms with E-state index in [1.54, 1.807) is 0 Å². The number of piperidine rings is 1. The van der Waals surface area contributed by atoms with Crippen molar-refractivity contribution in [3.8, 4) is 5.75 Å². The molecule has 1 amide bonds. The van der Waals surface area contributed by atoms with Gasteiger partial charge in [-0.05, 0) is 50.9 Å². The van der Waals surface area contributed by atoms with Gasteiger partial charge in [0.25, 0.3) is 0 Å². The number of carbonyl (C=O) groups excluding carboxylic acids is 1. The minimum Gasteiger partial charge on any atom is -0.494 e. The van der Waals surface area contributed by atoms with Gasteiger partial charge in [0.15, 0.2) is 0 Å². The molecule has 0 bridgehead atoms. The summed E-state index contributed by atoms with van der Waals surface area (Å²) in [4.78, 5) is 12.7. The number of hydrogen-bond acceptors (Lipinski definition) is 3. The zero-order chi connectivity index (χ0) is 15.1. The molecule has 1 aromatic carbocycles. The van der Waals surface area contributed by atoms with Crippen LogP contribution in [0.1, 0.15) is 39.5 Å². The lowest BCUT2D eigenvalue weighted by molar-refractivity contribution is -0.127. The minimum absolute atomic E-state index is 0.138. The van der Waals surface area contributed by atoms with Gasteiger partial charge in [-0.2, -0.15) is 0 Å². The highest BCUT2D eigenvalue weighted by Gasteiger charge is 2.37. The van der Waals surface area contributed by atoms with Gasteiger partial charge in [-0.15, -0.1) is 0 Å². The number of ether oxygens (including phenoxy) is 1. The normalized spacial score (nSPS) is 17.2. The van der Waals surface area contributed by atoms with Crippen LogP contribution in [0.3, 0.4) is 0 Å². The first kappa shape index (κ1) is 15.8. The molecule has 1 saturated heterocycles. The second kappa shape index (κ2) is 7.46. The molecule has 0 saturated carbocycles. The molecule has 0 aromatic heterocycles. The maximum absolute atomic E-state index is 12.7. The molecule has 1 aliphatic heterocycles. The van der Waals surface area contributed by atoms with Crippen molar-refractivity contribution in [1.82, 2.24) is 5.32 Å². The van der Waals surface area contributed by atoms with E-state index in [2.05, 4.69) is 24.5 Å². The largest absolute Gasteiger partial charge is 0.494 e. The Hall–Kier alpha value is -1.55. The molecule has 0 radical (unpaired) electrons. The standard InChI is InChI=1S/C17H26N2O2/c1-3-12-21-15-7-5-6-14(13-15)19-16(20)17(4-2)8-10-18-11-9-17/h5-7,13,18H,3-4,8-12H2,1-2H3,(H,19,20). The quantitative estimate of drug-likeness (QED) is 0.846. The first-order chi connectivity index (χ1) is 10.2. The third-order valence-corrected chi connectivity index (χ3v) is 4.28. The molecule has 1 aliphatic rings. The van der Waals surface area contributed by atoms with Gasteiger partial charge in [0.1, 0.15) is 5.75 Å². The van der Waals surface area contributed by atoms with Crippen molar-refractivity contribution < 1.29 is 9.53 Å². The fourth-order valence-electron chi connectivity index (χ4n) is 2.79. The molecule has 1 fully saturated rings. The Bertz CT molecular complexity index is 468. The summed E-state index contributed by atoms with van der Waals surface area (Å²) in [5, 5.41) is 6.40. The zero-order valence-electron chi connectivity index (χ0n) is 13.1. The first-order valence-corrected chi connectivity index (χ1v) is 7.95. The summed E-state index contributed by atoms with van der Waals surface area (Å²) in [7, 11) is 0. The molecule has 0 unspecified atom stereocenters. The van der Waals surface area contributed by atoms with E-state index in [0.717, 1.165) is 50.2 Å². The molecule has 0 aliphatic carbocycles. The Kier molecular flexibility index (Phi) is 5.62. The van der Waals surface area contributed by atoms with Gasteiger partial charge in [0.05, 0.1) is 12.0 Å². The Balaban J connectivity index is 2.04. The van der Waals surface area contributed by atoms with Crippen molar-refractivity contribution >= 4 is 11.6 Å². The lowest BCUT2D eigenvalue weighted by Gasteiger charge is -2.35. The summed E-state index contributed by atoms with van der Waals surface area (Å²) in [6, 6.07) is 7.66. The van der Waals surface area contributed by atoms with Crippen molar-refractivity contribution in [3.63, 3.8) is 0 Å². The molecule has 4 heteroatoms. The third-order valence-electron chi connectivity index (χ3n) is 4.28. The third kappa shape index (κ3) is 3.97. The second-order valence-corrected chi connectivity index (χ2v) is 5.71. The maximum atomic E-state index is 12.7. The van der Waals surface area contributed by atoms with Crippen LogP contribution in [0, 0.1) is 5.41 Å². The second-order valence-electron chi connectivity index (χ2n) is 5.71. The van der Waals surface area contributed by atoms with Crippen LogP contribution < -0.4 is 15.4 Å². The maximum Gasteiger partial charge on any atom is 0.230 e. The van der Waals surface area contributed by atoms with E-state index in [4.69, 9.17) is 4.74 Å². The summed E-state index contributed by atoms with van der Waals surface area (Å²) in [5.74, 6) is 0.949. The number of amides is 1. The number of rotatable bonds is 6. The van der Waals surface area contributed by atoms with Crippen LogP contribution in [0.4, 0.5) is 5.69 Å². The summed E-state index contributed by atoms with van der Waals surface area (Å²) < 4.78 is 5.61. The minimum atomic E-state index is -0.231. The summed E-state index contributed by atoms with van der Waals surface area (Å²) in [5.41, 5.74) is 0.589. The van der Waals surface area contributed by atoms with Crippen LogP contribution in [-0.2, 0) is 4.79 Å². The number of carbonyl (C=O) groups is 1. The van der Waals surface area contributed by atoms with Crippen LogP contribution in [0.2, 0.25) is 0 Å². The fourth-order valence-corrected chi connectivity index (χ4v) is 2.79. The van der Waals surface area contributed by atoms with Gasteiger partial charge in [-0.25, -0.2) is 0 Å². The number of nitrogens with one attached hydrogen (secondary N) is 2. The van der Waals surface area contributed by atoms with Crippen LogP contribution in [0.15, 0.2) is 24.3 Å². The van der Waals surface area contributed by atoms with Gasteiger partial charge < -0.3 is 15.4 Å². The van der Waals surface area contributed by atoms with Crippen molar-refractivity contribution in [2.75, 3.05) is 25.0 Å². The smallest absolute Gasteiger partial charge is 0.230 e. The first-order valence-electron chi connectivity index (χ1n) is 7.95. The van der Waals surface area contributed by atoms with E-state index in [0.29, 0.717) is 6.61 Å². The Labute approximate surface area is 127 Å². The fraction of sp³-hybridized carbons (Fsp3) is 0.588. The summed E-state index contributed by atoms with van der Waals surface area (Å²) in [6.45, 7) is 6.71. The number of hydrogen-bond donors (Lipinski definition) is 2. The SMILES string of the molecule is CCCOc1cccc(NC(=O)C2(CC)CCNCC2)c1. The highest BCUT2D eigenvalue weighted by atomic mass is 16.5. The molecule has 0 spiro atoms. The lowest BCUT2D eigenvalue weighted by atomic mass is 9.76. The summed E-state index contributed by atoms with van der Waals surface area (Å²) in [6.07, 6.45) is 3.66. The summed E-state index contributed by atoms with van der Waals surface area (Å²) >= 11 is 0. The van der Waals surface area contributed by atoms with Crippen molar-refractivity contribution in [2.24, 2.45) is 5.41 Å². The molecule has 4 nitrogen and oxygen atoms in total. The van der Waals surface area contributed by atoms with Gasteiger partial charge in [0.2, 0.25) is 5.91 Å². The van der Waals surface area contributed by atoms with Gasteiger partial charge >= 0.3 is 0 Å². The van der Waals surface area contributed by atoms with E-state index in [1.165, 1.54) is 0 Å². The van der Waals surface area contributed by atoms with Crippen molar-refractivity contribution in [3.05, 3.63) is 24.3 Å². The predicted molar refractivity (Wildman–Crippen MR) is 85.7 cm³/mol. The molecule has 2 N–H and O–H groups in total. The Morgan fingerprint density at radius 3 is 2.76 bits per heavy atom. The topological polar surface area (TPSA) is 50.4 Å². The molecular formula is C17H26N2O2. The highest BCUT2D eigenvalue weighted by molar-refractivity contribution is 5.95. The number of benzene rings is 1. The predicted octanol–water partition coefficient (Wildman–Crippen LogP) is 3.19. The molecular weight excluding hydrogens is 264 g/mol. The van der Waals surface area contributed by atoms with Crippen molar-refractivity contribution in [2.45, 2.75) is 39.5 Å². The van der Waals surface area contributed by atoms with Crippen molar-refractivity contribution in [1.29, 1.82) is 0 Å². The van der Waals surface area contributed by atoms with E-state index in [1.807, 2.05) is 24.3 Å². The van der Waals surface area contributed by atoms with E-state index in [-0.39, 0.29) is 11.3 Å². The number of anilines is 1. The Morgan fingerprint density at radius 2 is 2.10 bits per heavy atom.